The molecule has 2 aliphatic rings. The summed E-state index contributed by atoms with van der Waals surface area (Å²) < 4.78 is 0. The molecule has 1 saturated heterocycles. The SMILES string of the molecule is CC(C)(CC(=O)O)CC(=O)N1CCC2(CCCCC2)CC1. The van der Waals surface area contributed by atoms with Gasteiger partial charge in [-0.3, -0.25) is 9.59 Å². The largest absolute Gasteiger partial charge is 0.481 e. The second kappa shape index (κ2) is 6.37. The molecule has 0 radical (unpaired) electrons. The molecule has 0 aromatic carbocycles. The third-order valence-corrected chi connectivity index (χ3v) is 5.35. The number of rotatable bonds is 4. The first-order valence-electron chi connectivity index (χ1n) is 8.32. The van der Waals surface area contributed by atoms with Crippen molar-refractivity contribution in [1.82, 2.24) is 4.90 Å². The summed E-state index contributed by atoms with van der Waals surface area (Å²) >= 11 is 0. The van der Waals surface area contributed by atoms with E-state index in [1.54, 1.807) is 0 Å². The minimum Gasteiger partial charge on any atom is -0.481 e. The molecule has 21 heavy (non-hydrogen) atoms. The lowest BCUT2D eigenvalue weighted by atomic mass is 9.68. The summed E-state index contributed by atoms with van der Waals surface area (Å²) in [6, 6.07) is 0. The molecule has 4 heteroatoms. The molecule has 1 aliphatic heterocycles. The Morgan fingerprint density at radius 3 is 2.10 bits per heavy atom. The first-order chi connectivity index (χ1) is 9.82. The van der Waals surface area contributed by atoms with Gasteiger partial charge < -0.3 is 10.0 Å². The van der Waals surface area contributed by atoms with Crippen LogP contribution in [-0.4, -0.2) is 35.0 Å². The number of piperidine rings is 1. The van der Waals surface area contributed by atoms with Gasteiger partial charge in [-0.25, -0.2) is 0 Å². The lowest BCUT2D eigenvalue weighted by Gasteiger charge is -2.44. The highest BCUT2D eigenvalue weighted by Crippen LogP contribution is 2.44. The summed E-state index contributed by atoms with van der Waals surface area (Å²) in [5, 5.41) is 8.91. The Balaban J connectivity index is 1.84. The molecule has 120 valence electrons. The first-order valence-corrected chi connectivity index (χ1v) is 8.32. The number of carboxylic acids is 1. The number of carbonyl (C=O) groups excluding carboxylic acids is 1. The second-order valence-electron chi connectivity index (χ2n) is 7.85. The predicted octanol–water partition coefficient (Wildman–Crippen LogP) is 3.45. The molecule has 2 rings (SSSR count). The Morgan fingerprint density at radius 2 is 1.57 bits per heavy atom. The fourth-order valence-corrected chi connectivity index (χ4v) is 4.03. The number of hydrogen-bond acceptors (Lipinski definition) is 2. The highest BCUT2D eigenvalue weighted by Gasteiger charge is 2.37. The summed E-state index contributed by atoms with van der Waals surface area (Å²) in [5.74, 6) is -0.695. The molecule has 1 N–H and O–H groups in total. The molecule has 1 saturated carbocycles. The number of amides is 1. The van der Waals surface area contributed by atoms with Gasteiger partial charge in [0, 0.05) is 19.5 Å². The molecular weight excluding hydrogens is 266 g/mol. The summed E-state index contributed by atoms with van der Waals surface area (Å²) in [7, 11) is 0. The van der Waals surface area contributed by atoms with Gasteiger partial charge >= 0.3 is 5.97 Å². The summed E-state index contributed by atoms with van der Waals surface area (Å²) in [6.07, 6.45) is 9.39. The van der Waals surface area contributed by atoms with Crippen molar-refractivity contribution in [2.45, 2.75) is 71.6 Å². The van der Waals surface area contributed by atoms with E-state index in [2.05, 4.69) is 0 Å². The van der Waals surface area contributed by atoms with E-state index in [4.69, 9.17) is 5.11 Å². The molecule has 1 spiro atoms. The quantitative estimate of drug-likeness (QED) is 0.864. The van der Waals surface area contributed by atoms with Crippen LogP contribution in [0.5, 0.6) is 0 Å². The van der Waals surface area contributed by atoms with Gasteiger partial charge in [0.05, 0.1) is 6.42 Å². The molecule has 0 unspecified atom stereocenters. The third-order valence-electron chi connectivity index (χ3n) is 5.35. The van der Waals surface area contributed by atoms with Crippen molar-refractivity contribution in [2.75, 3.05) is 13.1 Å². The number of aliphatic carboxylic acids is 1. The number of carbonyl (C=O) groups is 2. The van der Waals surface area contributed by atoms with Crippen LogP contribution in [0.4, 0.5) is 0 Å². The lowest BCUT2D eigenvalue weighted by molar-refractivity contribution is -0.141. The van der Waals surface area contributed by atoms with E-state index in [9.17, 15) is 9.59 Å². The zero-order chi connectivity index (χ0) is 15.5. The molecular formula is C17H29NO3. The van der Waals surface area contributed by atoms with Crippen LogP contribution in [0.1, 0.15) is 71.6 Å². The Morgan fingerprint density at radius 1 is 1.00 bits per heavy atom. The lowest BCUT2D eigenvalue weighted by Crippen LogP contribution is -2.45. The van der Waals surface area contributed by atoms with Crippen molar-refractivity contribution < 1.29 is 14.7 Å². The van der Waals surface area contributed by atoms with Gasteiger partial charge in [-0.1, -0.05) is 33.1 Å². The number of likely N-dealkylation sites (tertiary alicyclic amines) is 1. The Labute approximate surface area is 127 Å². The molecule has 0 aromatic rings. The highest BCUT2D eigenvalue weighted by atomic mass is 16.4. The van der Waals surface area contributed by atoms with Crippen LogP contribution < -0.4 is 0 Å². The van der Waals surface area contributed by atoms with Crippen LogP contribution in [-0.2, 0) is 9.59 Å². The highest BCUT2D eigenvalue weighted by molar-refractivity contribution is 5.78. The third kappa shape index (κ3) is 4.45. The van der Waals surface area contributed by atoms with Crippen molar-refractivity contribution in [3.8, 4) is 0 Å². The second-order valence-corrected chi connectivity index (χ2v) is 7.85. The zero-order valence-corrected chi connectivity index (χ0v) is 13.5. The Kier molecular flexibility index (Phi) is 4.95. The minimum absolute atomic E-state index is 0.0521. The molecule has 4 nitrogen and oxygen atoms in total. The van der Waals surface area contributed by atoms with Crippen molar-refractivity contribution in [3.63, 3.8) is 0 Å². The Hall–Kier alpha value is -1.06. The maximum atomic E-state index is 12.4. The van der Waals surface area contributed by atoms with E-state index in [0.717, 1.165) is 25.9 Å². The fraction of sp³-hybridized carbons (Fsp3) is 0.882. The van der Waals surface area contributed by atoms with Crippen molar-refractivity contribution >= 4 is 11.9 Å². The van der Waals surface area contributed by atoms with Gasteiger partial charge in [-0.05, 0) is 36.5 Å². The maximum absolute atomic E-state index is 12.4. The molecule has 1 heterocycles. The van der Waals surface area contributed by atoms with Gasteiger partial charge in [0.1, 0.15) is 0 Å². The van der Waals surface area contributed by atoms with E-state index in [1.807, 2.05) is 18.7 Å². The molecule has 2 fully saturated rings. The van der Waals surface area contributed by atoms with E-state index in [1.165, 1.54) is 32.1 Å². The Bertz CT molecular complexity index is 387. The fourth-order valence-electron chi connectivity index (χ4n) is 4.03. The number of nitrogens with zero attached hydrogens (tertiary/aromatic N) is 1. The van der Waals surface area contributed by atoms with Gasteiger partial charge in [0.25, 0.3) is 0 Å². The molecule has 1 amide bonds. The van der Waals surface area contributed by atoms with Crippen molar-refractivity contribution in [3.05, 3.63) is 0 Å². The summed E-state index contributed by atoms with van der Waals surface area (Å²) in [6.45, 7) is 5.46. The van der Waals surface area contributed by atoms with Crippen LogP contribution in [0.15, 0.2) is 0 Å². The van der Waals surface area contributed by atoms with E-state index in [-0.39, 0.29) is 12.3 Å². The average molecular weight is 295 g/mol. The van der Waals surface area contributed by atoms with Crippen LogP contribution in [0.3, 0.4) is 0 Å². The molecule has 0 bridgehead atoms. The summed E-state index contributed by atoms with van der Waals surface area (Å²) in [5.41, 5.74) is 0.0501. The van der Waals surface area contributed by atoms with E-state index >= 15 is 0 Å². The van der Waals surface area contributed by atoms with Gasteiger partial charge in [-0.15, -0.1) is 0 Å². The number of hydrogen-bond donors (Lipinski definition) is 1. The first kappa shape index (κ1) is 16.3. The monoisotopic (exact) mass is 295 g/mol. The van der Waals surface area contributed by atoms with Crippen LogP contribution >= 0.6 is 0 Å². The average Bonchev–Trinajstić information content (AvgIpc) is 2.38. The van der Waals surface area contributed by atoms with Gasteiger partial charge in [0.2, 0.25) is 5.91 Å². The standard InChI is InChI=1S/C17H29NO3/c1-16(2,13-15(20)21)12-14(19)18-10-8-17(9-11-18)6-4-3-5-7-17/h3-13H2,1-2H3,(H,20,21). The molecule has 1 aliphatic carbocycles. The normalized spacial score (nSPS) is 22.3. The molecule has 0 atom stereocenters. The van der Waals surface area contributed by atoms with Crippen LogP contribution in [0.25, 0.3) is 0 Å². The maximum Gasteiger partial charge on any atom is 0.303 e. The smallest absolute Gasteiger partial charge is 0.303 e. The topological polar surface area (TPSA) is 57.6 Å². The zero-order valence-electron chi connectivity index (χ0n) is 13.5. The van der Waals surface area contributed by atoms with Crippen LogP contribution in [0.2, 0.25) is 0 Å². The summed E-state index contributed by atoms with van der Waals surface area (Å²) in [4.78, 5) is 25.2. The van der Waals surface area contributed by atoms with Crippen LogP contribution in [0, 0.1) is 10.8 Å². The predicted molar refractivity (Wildman–Crippen MR) is 82.0 cm³/mol. The number of carboxylic acid groups (broad SMARTS) is 1. The van der Waals surface area contributed by atoms with E-state index < -0.39 is 11.4 Å². The van der Waals surface area contributed by atoms with Crippen molar-refractivity contribution in [2.24, 2.45) is 10.8 Å². The van der Waals surface area contributed by atoms with Crippen molar-refractivity contribution in [1.29, 1.82) is 0 Å². The van der Waals surface area contributed by atoms with Gasteiger partial charge in [-0.2, -0.15) is 0 Å². The van der Waals surface area contributed by atoms with Gasteiger partial charge in [0.15, 0.2) is 0 Å². The van der Waals surface area contributed by atoms with E-state index in [0.29, 0.717) is 11.8 Å². The molecule has 0 aromatic heterocycles. The minimum atomic E-state index is -0.826.